The van der Waals surface area contributed by atoms with Crippen molar-refractivity contribution in [3.63, 3.8) is 0 Å². The van der Waals surface area contributed by atoms with Gasteiger partial charge in [-0.1, -0.05) is 17.8 Å². The van der Waals surface area contributed by atoms with Crippen LogP contribution in [0.3, 0.4) is 0 Å². The van der Waals surface area contributed by atoms with Gasteiger partial charge in [-0.15, -0.1) is 5.10 Å². The van der Waals surface area contributed by atoms with E-state index >= 15 is 0 Å². The third-order valence-corrected chi connectivity index (χ3v) is 3.82. The maximum absolute atomic E-state index is 12.3. The highest BCUT2D eigenvalue weighted by Crippen LogP contribution is 2.31. The van der Waals surface area contributed by atoms with Crippen molar-refractivity contribution in [2.75, 3.05) is 7.11 Å². The highest BCUT2D eigenvalue weighted by molar-refractivity contribution is 7.98. The fourth-order valence-electron chi connectivity index (χ4n) is 1.92. The lowest BCUT2D eigenvalue weighted by molar-refractivity contribution is -0.0512. The summed E-state index contributed by atoms with van der Waals surface area (Å²) in [6, 6.07) is 6.57. The Morgan fingerprint density at radius 1 is 1.30 bits per heavy atom. The van der Waals surface area contributed by atoms with Crippen molar-refractivity contribution in [2.45, 2.75) is 17.5 Å². The van der Waals surface area contributed by atoms with Crippen LogP contribution in [0.5, 0.6) is 11.5 Å². The third kappa shape index (κ3) is 3.67. The van der Waals surface area contributed by atoms with Crippen molar-refractivity contribution in [3.05, 3.63) is 42.2 Å². The molecular formula is C14H12F2N4O2S. The van der Waals surface area contributed by atoms with Gasteiger partial charge in [0.05, 0.1) is 7.11 Å². The number of benzene rings is 1. The molecular weight excluding hydrogens is 326 g/mol. The Balaban J connectivity index is 1.72. The van der Waals surface area contributed by atoms with Crippen LogP contribution in [0.1, 0.15) is 5.56 Å². The smallest absolute Gasteiger partial charge is 0.387 e. The first-order chi connectivity index (χ1) is 11.2. The average Bonchev–Trinajstić information content (AvgIpc) is 2.96. The molecule has 120 valence electrons. The van der Waals surface area contributed by atoms with Gasteiger partial charge in [0.15, 0.2) is 11.5 Å². The largest absolute Gasteiger partial charge is 0.493 e. The summed E-state index contributed by atoms with van der Waals surface area (Å²) in [5, 5.41) is 4.86. The summed E-state index contributed by atoms with van der Waals surface area (Å²) in [5.41, 5.74) is 0.875. The van der Waals surface area contributed by atoms with Gasteiger partial charge in [0.1, 0.15) is 0 Å². The van der Waals surface area contributed by atoms with Crippen molar-refractivity contribution in [1.29, 1.82) is 0 Å². The molecule has 3 rings (SSSR count). The number of methoxy groups -OCH3 is 1. The fraction of sp³-hybridized carbons (Fsp3) is 0.214. The molecule has 0 unspecified atom stereocenters. The van der Waals surface area contributed by atoms with Gasteiger partial charge in [-0.05, 0) is 23.8 Å². The molecule has 0 saturated heterocycles. The lowest BCUT2D eigenvalue weighted by Gasteiger charge is -2.10. The molecule has 9 heteroatoms. The molecule has 0 saturated carbocycles. The molecule has 0 radical (unpaired) electrons. The summed E-state index contributed by atoms with van der Waals surface area (Å²) in [7, 11) is 1.40. The predicted octanol–water partition coefficient (Wildman–Crippen LogP) is 3.03. The minimum absolute atomic E-state index is 0.00584. The number of alkyl halides is 2. The molecule has 3 aromatic rings. The Labute approximate surface area is 134 Å². The summed E-state index contributed by atoms with van der Waals surface area (Å²) in [5.74, 6) is 1.34. The number of thioether (sulfide) groups is 1. The minimum atomic E-state index is -2.89. The van der Waals surface area contributed by atoms with E-state index in [0.717, 1.165) is 5.56 Å². The zero-order valence-corrected chi connectivity index (χ0v) is 12.8. The fourth-order valence-corrected chi connectivity index (χ4v) is 2.69. The summed E-state index contributed by atoms with van der Waals surface area (Å²) >= 11 is 1.41. The Hall–Kier alpha value is -2.42. The molecule has 0 fully saturated rings. The van der Waals surface area contributed by atoms with Crippen LogP contribution < -0.4 is 9.47 Å². The summed E-state index contributed by atoms with van der Waals surface area (Å²) < 4.78 is 35.7. The highest BCUT2D eigenvalue weighted by atomic mass is 32.2. The van der Waals surface area contributed by atoms with Crippen LogP contribution in [-0.4, -0.2) is 33.3 Å². The number of aromatic nitrogens is 4. The van der Waals surface area contributed by atoms with Gasteiger partial charge >= 0.3 is 6.61 Å². The minimum Gasteiger partial charge on any atom is -0.493 e. The second kappa shape index (κ2) is 6.78. The quantitative estimate of drug-likeness (QED) is 0.644. The van der Waals surface area contributed by atoms with Gasteiger partial charge in [-0.3, -0.25) is 0 Å². The van der Waals surface area contributed by atoms with Gasteiger partial charge in [-0.25, -0.2) is 9.50 Å². The van der Waals surface area contributed by atoms with E-state index in [4.69, 9.17) is 4.74 Å². The summed E-state index contributed by atoms with van der Waals surface area (Å²) in [4.78, 5) is 8.37. The summed E-state index contributed by atoms with van der Waals surface area (Å²) in [6.07, 6.45) is 3.41. The zero-order valence-electron chi connectivity index (χ0n) is 12.0. The monoisotopic (exact) mass is 338 g/mol. The van der Waals surface area contributed by atoms with E-state index in [2.05, 4.69) is 19.8 Å². The Morgan fingerprint density at radius 2 is 2.17 bits per heavy atom. The van der Waals surface area contributed by atoms with Gasteiger partial charge < -0.3 is 9.47 Å². The molecule has 0 aliphatic heterocycles. The molecule has 23 heavy (non-hydrogen) atoms. The Kier molecular flexibility index (Phi) is 4.56. The van der Waals surface area contributed by atoms with Crippen LogP contribution >= 0.6 is 11.8 Å². The van der Waals surface area contributed by atoms with E-state index in [1.807, 2.05) is 0 Å². The zero-order chi connectivity index (χ0) is 16.2. The lowest BCUT2D eigenvalue weighted by Crippen LogP contribution is -2.03. The Bertz CT molecular complexity index is 779. The van der Waals surface area contributed by atoms with Gasteiger partial charge in [-0.2, -0.15) is 13.8 Å². The molecule has 2 heterocycles. The molecule has 6 nitrogen and oxygen atoms in total. The molecule has 0 bridgehead atoms. The number of ether oxygens (including phenoxy) is 2. The molecule has 0 amide bonds. The normalized spacial score (nSPS) is 11.1. The van der Waals surface area contributed by atoms with Crippen LogP contribution in [0.15, 0.2) is 41.8 Å². The van der Waals surface area contributed by atoms with Crippen LogP contribution in [0.2, 0.25) is 0 Å². The highest BCUT2D eigenvalue weighted by Gasteiger charge is 2.12. The average molecular weight is 338 g/mol. The number of halogens is 2. The van der Waals surface area contributed by atoms with Crippen molar-refractivity contribution >= 4 is 17.5 Å². The van der Waals surface area contributed by atoms with E-state index in [-0.39, 0.29) is 11.5 Å². The molecule has 2 aromatic heterocycles. The first kappa shape index (κ1) is 15.5. The van der Waals surface area contributed by atoms with Crippen LogP contribution in [0.25, 0.3) is 5.78 Å². The third-order valence-electron chi connectivity index (χ3n) is 2.91. The molecule has 0 aliphatic rings. The predicted molar refractivity (Wildman–Crippen MR) is 80.0 cm³/mol. The van der Waals surface area contributed by atoms with Crippen molar-refractivity contribution < 1.29 is 18.3 Å². The van der Waals surface area contributed by atoms with Crippen molar-refractivity contribution in [2.24, 2.45) is 0 Å². The standard InChI is InChI=1S/C14H12F2N4O2S/c1-21-11-7-9(3-4-10(11)22-12(15)16)8-23-14-18-13-17-5-2-6-20(13)19-14/h2-7,12H,8H2,1H3. The lowest BCUT2D eigenvalue weighted by atomic mass is 10.2. The van der Waals surface area contributed by atoms with E-state index < -0.39 is 6.61 Å². The molecule has 1 aromatic carbocycles. The van der Waals surface area contributed by atoms with Crippen LogP contribution in [-0.2, 0) is 5.75 Å². The van der Waals surface area contributed by atoms with Crippen molar-refractivity contribution in [3.8, 4) is 11.5 Å². The van der Waals surface area contributed by atoms with Gasteiger partial charge in [0.2, 0.25) is 5.16 Å². The molecule has 0 N–H and O–H groups in total. The van der Waals surface area contributed by atoms with E-state index in [9.17, 15) is 8.78 Å². The number of rotatable bonds is 6. The van der Waals surface area contributed by atoms with E-state index in [1.54, 1.807) is 35.1 Å². The van der Waals surface area contributed by atoms with Crippen molar-refractivity contribution in [1.82, 2.24) is 19.6 Å². The van der Waals surface area contributed by atoms with Crippen LogP contribution in [0.4, 0.5) is 8.78 Å². The van der Waals surface area contributed by atoms with E-state index in [1.165, 1.54) is 24.9 Å². The molecule has 0 aliphatic carbocycles. The van der Waals surface area contributed by atoms with Crippen LogP contribution in [0, 0.1) is 0 Å². The topological polar surface area (TPSA) is 61.5 Å². The second-order valence-electron chi connectivity index (χ2n) is 4.41. The van der Waals surface area contributed by atoms with E-state index in [0.29, 0.717) is 16.7 Å². The molecule has 0 atom stereocenters. The summed E-state index contributed by atoms with van der Waals surface area (Å²) in [6.45, 7) is -2.89. The number of hydrogen-bond donors (Lipinski definition) is 0. The number of hydrogen-bond acceptors (Lipinski definition) is 6. The maximum atomic E-state index is 12.3. The Morgan fingerprint density at radius 3 is 2.91 bits per heavy atom. The van der Waals surface area contributed by atoms with Gasteiger partial charge in [0.25, 0.3) is 5.78 Å². The SMILES string of the molecule is COc1cc(CSc2nc3ncccn3n2)ccc1OC(F)F. The number of fused-ring (bicyclic) bond motifs is 1. The maximum Gasteiger partial charge on any atom is 0.387 e. The first-order valence-electron chi connectivity index (χ1n) is 6.57. The second-order valence-corrected chi connectivity index (χ2v) is 5.35. The molecule has 0 spiro atoms. The number of nitrogens with zero attached hydrogens (tertiary/aromatic N) is 4. The first-order valence-corrected chi connectivity index (χ1v) is 7.56. The van der Waals surface area contributed by atoms with Gasteiger partial charge in [0, 0.05) is 18.1 Å².